The smallest absolute Gasteiger partial charge is 0.391 e. The zero-order valence-corrected chi connectivity index (χ0v) is 14.9. The van der Waals surface area contributed by atoms with E-state index < -0.39 is 12.1 Å². The number of carbonyl (C=O) groups is 1. The Kier molecular flexibility index (Phi) is 7.54. The van der Waals surface area contributed by atoms with Crippen molar-refractivity contribution in [3.63, 3.8) is 0 Å². The highest BCUT2D eigenvalue weighted by Crippen LogP contribution is 2.39. The SMILES string of the molecule is CCCOC(=O)C=Cc1ccc(OCC2CCC(C(F)(F)F)CC2)cc1. The molecule has 0 unspecified atom stereocenters. The molecule has 1 saturated carbocycles. The highest BCUT2D eigenvalue weighted by Gasteiger charge is 2.41. The van der Waals surface area contributed by atoms with Crippen LogP contribution < -0.4 is 4.74 Å². The Hall–Kier alpha value is -1.98. The van der Waals surface area contributed by atoms with Crippen LogP contribution in [0.2, 0.25) is 0 Å². The number of rotatable bonds is 7. The summed E-state index contributed by atoms with van der Waals surface area (Å²) < 4.78 is 48.6. The van der Waals surface area contributed by atoms with Gasteiger partial charge in [-0.15, -0.1) is 0 Å². The fourth-order valence-corrected chi connectivity index (χ4v) is 2.96. The lowest BCUT2D eigenvalue weighted by Gasteiger charge is -2.29. The van der Waals surface area contributed by atoms with Crippen LogP contribution >= 0.6 is 0 Å². The van der Waals surface area contributed by atoms with Crippen LogP contribution in [0.25, 0.3) is 6.08 Å². The van der Waals surface area contributed by atoms with Crippen LogP contribution in [0.5, 0.6) is 5.75 Å². The predicted molar refractivity (Wildman–Crippen MR) is 93.7 cm³/mol. The molecule has 0 aromatic heterocycles. The first-order chi connectivity index (χ1) is 12.4. The normalized spacial score (nSPS) is 20.9. The van der Waals surface area contributed by atoms with Gasteiger partial charge in [-0.05, 0) is 61.8 Å². The summed E-state index contributed by atoms with van der Waals surface area (Å²) in [6, 6.07) is 7.22. The molecule has 0 N–H and O–H groups in total. The van der Waals surface area contributed by atoms with Gasteiger partial charge in [0, 0.05) is 6.08 Å². The molecule has 0 radical (unpaired) electrons. The lowest BCUT2D eigenvalue weighted by atomic mass is 9.82. The Morgan fingerprint density at radius 1 is 1.15 bits per heavy atom. The Balaban J connectivity index is 1.74. The number of esters is 1. The molecule has 3 nitrogen and oxygen atoms in total. The van der Waals surface area contributed by atoms with Gasteiger partial charge in [0.2, 0.25) is 0 Å². The third-order valence-electron chi connectivity index (χ3n) is 4.54. The molecule has 1 aliphatic carbocycles. The van der Waals surface area contributed by atoms with E-state index in [0.717, 1.165) is 12.0 Å². The van der Waals surface area contributed by atoms with E-state index in [-0.39, 0.29) is 24.7 Å². The minimum absolute atomic E-state index is 0.168. The van der Waals surface area contributed by atoms with Gasteiger partial charge in [0.05, 0.1) is 19.1 Å². The molecule has 2 rings (SSSR count). The molecule has 26 heavy (non-hydrogen) atoms. The summed E-state index contributed by atoms with van der Waals surface area (Å²) in [7, 11) is 0. The van der Waals surface area contributed by atoms with Crippen LogP contribution in [0.4, 0.5) is 13.2 Å². The van der Waals surface area contributed by atoms with Crippen molar-refractivity contribution >= 4 is 12.0 Å². The minimum Gasteiger partial charge on any atom is -0.493 e. The highest BCUT2D eigenvalue weighted by atomic mass is 19.4. The van der Waals surface area contributed by atoms with E-state index in [2.05, 4.69) is 0 Å². The summed E-state index contributed by atoms with van der Waals surface area (Å²) in [4.78, 5) is 11.4. The molecule has 1 aromatic rings. The topological polar surface area (TPSA) is 35.5 Å². The molecule has 0 amide bonds. The van der Waals surface area contributed by atoms with Gasteiger partial charge in [0.25, 0.3) is 0 Å². The monoisotopic (exact) mass is 370 g/mol. The molecular weight excluding hydrogens is 345 g/mol. The summed E-state index contributed by atoms with van der Waals surface area (Å²) in [5.74, 6) is -0.689. The zero-order chi connectivity index (χ0) is 19.0. The van der Waals surface area contributed by atoms with Gasteiger partial charge in [-0.25, -0.2) is 4.79 Å². The first-order valence-electron chi connectivity index (χ1n) is 9.03. The van der Waals surface area contributed by atoms with Crippen LogP contribution in [0.15, 0.2) is 30.3 Å². The average Bonchev–Trinajstić information content (AvgIpc) is 2.63. The third kappa shape index (κ3) is 6.73. The van der Waals surface area contributed by atoms with Gasteiger partial charge in [-0.3, -0.25) is 0 Å². The molecule has 0 heterocycles. The molecule has 0 saturated heterocycles. The fraction of sp³-hybridized carbons (Fsp3) is 0.550. The molecule has 0 spiro atoms. The summed E-state index contributed by atoms with van der Waals surface area (Å²) in [6.45, 7) is 2.77. The van der Waals surface area contributed by atoms with E-state index in [4.69, 9.17) is 9.47 Å². The van der Waals surface area contributed by atoms with Gasteiger partial charge in [-0.1, -0.05) is 19.1 Å². The summed E-state index contributed by atoms with van der Waals surface area (Å²) in [5.41, 5.74) is 0.844. The van der Waals surface area contributed by atoms with Crippen LogP contribution in [-0.4, -0.2) is 25.4 Å². The Morgan fingerprint density at radius 3 is 2.38 bits per heavy atom. The highest BCUT2D eigenvalue weighted by molar-refractivity contribution is 5.87. The second-order valence-corrected chi connectivity index (χ2v) is 6.64. The maximum absolute atomic E-state index is 12.7. The van der Waals surface area contributed by atoms with Crippen LogP contribution in [0.3, 0.4) is 0 Å². The molecule has 0 atom stereocenters. The van der Waals surface area contributed by atoms with Crippen molar-refractivity contribution < 1.29 is 27.4 Å². The van der Waals surface area contributed by atoms with Gasteiger partial charge >= 0.3 is 12.1 Å². The lowest BCUT2D eigenvalue weighted by molar-refractivity contribution is -0.184. The van der Waals surface area contributed by atoms with E-state index in [0.29, 0.717) is 31.8 Å². The first-order valence-corrected chi connectivity index (χ1v) is 9.03. The third-order valence-corrected chi connectivity index (χ3v) is 4.54. The molecule has 6 heteroatoms. The number of carbonyl (C=O) groups excluding carboxylic acids is 1. The molecule has 0 aliphatic heterocycles. The van der Waals surface area contributed by atoms with E-state index in [1.165, 1.54) is 6.08 Å². The Labute approximate surface area is 152 Å². The van der Waals surface area contributed by atoms with E-state index in [1.807, 2.05) is 19.1 Å². The largest absolute Gasteiger partial charge is 0.493 e. The van der Waals surface area contributed by atoms with Crippen molar-refractivity contribution in [3.05, 3.63) is 35.9 Å². The molecule has 144 valence electrons. The zero-order valence-electron chi connectivity index (χ0n) is 14.9. The van der Waals surface area contributed by atoms with Crippen molar-refractivity contribution in [2.75, 3.05) is 13.2 Å². The molecule has 0 bridgehead atoms. The predicted octanol–water partition coefficient (Wildman–Crippen LogP) is 5.40. The van der Waals surface area contributed by atoms with Gasteiger partial charge in [-0.2, -0.15) is 13.2 Å². The number of hydrogen-bond donors (Lipinski definition) is 0. The summed E-state index contributed by atoms with van der Waals surface area (Å²) in [5, 5.41) is 0. The number of hydrogen-bond acceptors (Lipinski definition) is 3. The van der Waals surface area contributed by atoms with Crippen molar-refractivity contribution in [2.24, 2.45) is 11.8 Å². The van der Waals surface area contributed by atoms with Crippen LogP contribution in [0.1, 0.15) is 44.6 Å². The second kappa shape index (κ2) is 9.64. The number of benzene rings is 1. The average molecular weight is 370 g/mol. The van der Waals surface area contributed by atoms with Crippen LogP contribution in [-0.2, 0) is 9.53 Å². The van der Waals surface area contributed by atoms with E-state index in [1.54, 1.807) is 18.2 Å². The van der Waals surface area contributed by atoms with Gasteiger partial charge in [0.1, 0.15) is 5.75 Å². The molecule has 1 aliphatic rings. The maximum Gasteiger partial charge on any atom is 0.391 e. The lowest BCUT2D eigenvalue weighted by Crippen LogP contribution is -2.29. The standard InChI is InChI=1S/C20H25F3O3/c1-2-13-25-19(24)12-7-15-5-10-18(11-6-15)26-14-16-3-8-17(9-4-16)20(21,22)23/h5-7,10-12,16-17H,2-4,8-9,13-14H2,1H3. The molecular formula is C20H25F3O3. The van der Waals surface area contributed by atoms with Crippen molar-refractivity contribution in [3.8, 4) is 5.75 Å². The number of alkyl halides is 3. The Morgan fingerprint density at radius 2 is 1.81 bits per heavy atom. The maximum atomic E-state index is 12.7. The summed E-state index contributed by atoms with van der Waals surface area (Å²) >= 11 is 0. The van der Waals surface area contributed by atoms with Crippen molar-refractivity contribution in [2.45, 2.75) is 45.2 Å². The van der Waals surface area contributed by atoms with Gasteiger partial charge < -0.3 is 9.47 Å². The van der Waals surface area contributed by atoms with Crippen molar-refractivity contribution in [1.82, 2.24) is 0 Å². The van der Waals surface area contributed by atoms with Gasteiger partial charge in [0.15, 0.2) is 0 Å². The molecule has 1 aromatic carbocycles. The number of ether oxygens (including phenoxy) is 2. The summed E-state index contributed by atoms with van der Waals surface area (Å²) in [6.07, 6.45) is 1.23. The molecule has 1 fully saturated rings. The van der Waals surface area contributed by atoms with E-state index >= 15 is 0 Å². The quantitative estimate of drug-likeness (QED) is 0.476. The Bertz CT molecular complexity index is 585. The fourth-order valence-electron chi connectivity index (χ4n) is 2.96. The first kappa shape index (κ1) is 20.3. The van der Waals surface area contributed by atoms with Crippen LogP contribution in [0, 0.1) is 11.8 Å². The second-order valence-electron chi connectivity index (χ2n) is 6.64. The number of halogens is 3. The van der Waals surface area contributed by atoms with Crippen molar-refractivity contribution in [1.29, 1.82) is 0 Å². The minimum atomic E-state index is -4.07. The van der Waals surface area contributed by atoms with E-state index in [9.17, 15) is 18.0 Å².